The topological polar surface area (TPSA) is 75.7 Å². The number of benzene rings is 2. The molecule has 0 atom stereocenters. The number of nitrogens with zero attached hydrogens (tertiary/aromatic N) is 1. The number of rotatable bonds is 7. The molecule has 134 valence electrons. The van der Waals surface area contributed by atoms with Crippen molar-refractivity contribution in [1.29, 1.82) is 0 Å². The van der Waals surface area contributed by atoms with Crippen molar-refractivity contribution in [3.63, 3.8) is 0 Å². The highest BCUT2D eigenvalue weighted by atomic mass is 35.5. The minimum absolute atomic E-state index is 0.0261. The molecule has 1 N–H and O–H groups in total. The van der Waals surface area contributed by atoms with Crippen LogP contribution in [-0.4, -0.2) is 46.5 Å². The maximum Gasteiger partial charge on any atom is 0.254 e. The standard InChI is InChI=1S/C17H19ClN2O4S/c1-20(2)17(21)15-12-14(8-9-16(15)18)25(22,23)19-10-11-24-13-6-4-3-5-7-13/h3-9,12,19H,10-11H2,1-2H3. The van der Waals surface area contributed by atoms with Crippen LogP contribution in [0.2, 0.25) is 5.02 Å². The Morgan fingerprint density at radius 3 is 2.48 bits per heavy atom. The monoisotopic (exact) mass is 382 g/mol. The highest BCUT2D eigenvalue weighted by Crippen LogP contribution is 2.21. The highest BCUT2D eigenvalue weighted by Gasteiger charge is 2.19. The van der Waals surface area contributed by atoms with Gasteiger partial charge in [-0.2, -0.15) is 0 Å². The maximum absolute atomic E-state index is 12.4. The summed E-state index contributed by atoms with van der Waals surface area (Å²) in [4.78, 5) is 13.4. The molecule has 0 unspecified atom stereocenters. The second kappa shape index (κ2) is 8.33. The van der Waals surface area contributed by atoms with Gasteiger partial charge < -0.3 is 9.64 Å². The minimum Gasteiger partial charge on any atom is -0.492 e. The molecule has 8 heteroatoms. The third kappa shape index (κ3) is 5.19. The Balaban J connectivity index is 2.04. The van der Waals surface area contributed by atoms with E-state index < -0.39 is 10.0 Å². The molecule has 0 saturated carbocycles. The van der Waals surface area contributed by atoms with Crippen LogP contribution in [0.3, 0.4) is 0 Å². The summed E-state index contributed by atoms with van der Waals surface area (Å²) < 4.78 is 32.6. The molecule has 0 spiro atoms. The number of hydrogen-bond acceptors (Lipinski definition) is 4. The van der Waals surface area contributed by atoms with Gasteiger partial charge >= 0.3 is 0 Å². The molecule has 2 aromatic carbocycles. The van der Waals surface area contributed by atoms with Crippen molar-refractivity contribution in [2.45, 2.75) is 4.90 Å². The van der Waals surface area contributed by atoms with Crippen molar-refractivity contribution in [1.82, 2.24) is 9.62 Å². The van der Waals surface area contributed by atoms with E-state index in [-0.39, 0.29) is 34.5 Å². The van der Waals surface area contributed by atoms with E-state index in [9.17, 15) is 13.2 Å². The molecule has 0 saturated heterocycles. The number of halogens is 1. The van der Waals surface area contributed by atoms with Gasteiger partial charge in [-0.05, 0) is 30.3 Å². The van der Waals surface area contributed by atoms with Gasteiger partial charge in [-0.15, -0.1) is 0 Å². The van der Waals surface area contributed by atoms with E-state index >= 15 is 0 Å². The summed E-state index contributed by atoms with van der Waals surface area (Å²) in [6.07, 6.45) is 0. The molecule has 2 aromatic rings. The van der Waals surface area contributed by atoms with Crippen LogP contribution in [0.1, 0.15) is 10.4 Å². The Kier molecular flexibility index (Phi) is 6.41. The van der Waals surface area contributed by atoms with Crippen LogP contribution in [0.25, 0.3) is 0 Å². The summed E-state index contributed by atoms with van der Waals surface area (Å²) in [6, 6.07) is 13.1. The molecule has 0 aliphatic rings. The normalized spacial score (nSPS) is 11.2. The maximum atomic E-state index is 12.4. The van der Waals surface area contributed by atoms with Gasteiger partial charge in [0.15, 0.2) is 0 Å². The number of carbonyl (C=O) groups is 1. The van der Waals surface area contributed by atoms with Crippen molar-refractivity contribution in [2.75, 3.05) is 27.2 Å². The number of nitrogens with one attached hydrogen (secondary N) is 1. The van der Waals surface area contributed by atoms with Gasteiger partial charge in [-0.1, -0.05) is 29.8 Å². The van der Waals surface area contributed by atoms with Gasteiger partial charge in [0, 0.05) is 20.6 Å². The van der Waals surface area contributed by atoms with Crippen molar-refractivity contribution < 1.29 is 17.9 Å². The van der Waals surface area contributed by atoms with E-state index in [1.807, 2.05) is 18.2 Å². The third-order valence-corrected chi connectivity index (χ3v) is 5.08. The summed E-state index contributed by atoms with van der Waals surface area (Å²) in [5, 5.41) is 0.199. The quantitative estimate of drug-likeness (QED) is 0.746. The summed E-state index contributed by atoms with van der Waals surface area (Å²) in [5.74, 6) is 0.293. The van der Waals surface area contributed by atoms with Crippen LogP contribution >= 0.6 is 11.6 Å². The third-order valence-electron chi connectivity index (χ3n) is 3.29. The first-order valence-corrected chi connectivity index (χ1v) is 9.36. The van der Waals surface area contributed by atoms with Gasteiger partial charge in [-0.25, -0.2) is 13.1 Å². The van der Waals surface area contributed by atoms with Crippen LogP contribution in [0.5, 0.6) is 5.75 Å². The van der Waals surface area contributed by atoms with E-state index in [1.54, 1.807) is 26.2 Å². The fourth-order valence-electron chi connectivity index (χ4n) is 2.02. The summed E-state index contributed by atoms with van der Waals surface area (Å²) in [6.45, 7) is 0.275. The fourth-order valence-corrected chi connectivity index (χ4v) is 3.26. The molecular weight excluding hydrogens is 364 g/mol. The predicted molar refractivity (Wildman–Crippen MR) is 96.6 cm³/mol. The van der Waals surface area contributed by atoms with Crippen molar-refractivity contribution >= 4 is 27.5 Å². The first kappa shape index (κ1) is 19.2. The molecule has 0 aromatic heterocycles. The van der Waals surface area contributed by atoms with E-state index in [2.05, 4.69) is 4.72 Å². The van der Waals surface area contributed by atoms with Gasteiger partial charge in [0.25, 0.3) is 5.91 Å². The molecule has 0 aliphatic carbocycles. The lowest BCUT2D eigenvalue weighted by molar-refractivity contribution is 0.0827. The minimum atomic E-state index is -3.77. The zero-order valence-corrected chi connectivity index (χ0v) is 15.5. The molecule has 0 heterocycles. The molecule has 0 fully saturated rings. The van der Waals surface area contributed by atoms with Crippen molar-refractivity contribution in [2.24, 2.45) is 0 Å². The lowest BCUT2D eigenvalue weighted by Gasteiger charge is -2.13. The van der Waals surface area contributed by atoms with Crippen LogP contribution in [0.15, 0.2) is 53.4 Å². The predicted octanol–water partition coefficient (Wildman–Crippen LogP) is 2.40. The molecule has 0 bridgehead atoms. The number of ether oxygens (including phenoxy) is 1. The number of amides is 1. The van der Waals surface area contributed by atoms with E-state index in [1.165, 1.54) is 23.1 Å². The SMILES string of the molecule is CN(C)C(=O)c1cc(S(=O)(=O)NCCOc2ccccc2)ccc1Cl. The van der Waals surface area contributed by atoms with Crippen LogP contribution in [0, 0.1) is 0 Å². The molecule has 1 amide bonds. The summed E-state index contributed by atoms with van der Waals surface area (Å²) in [7, 11) is -0.636. The summed E-state index contributed by atoms with van der Waals surface area (Å²) >= 11 is 6.00. The van der Waals surface area contributed by atoms with Gasteiger partial charge in [0.2, 0.25) is 10.0 Å². The Hall–Kier alpha value is -2.09. The molecule has 0 radical (unpaired) electrons. The lowest BCUT2D eigenvalue weighted by Crippen LogP contribution is -2.29. The number of sulfonamides is 1. The Labute approximate surface area is 152 Å². The lowest BCUT2D eigenvalue weighted by atomic mass is 10.2. The first-order valence-electron chi connectivity index (χ1n) is 7.50. The molecule has 2 rings (SSSR count). The molecule has 0 aliphatic heterocycles. The molecular formula is C17H19ClN2O4S. The van der Waals surface area contributed by atoms with Gasteiger partial charge in [-0.3, -0.25) is 4.79 Å². The van der Waals surface area contributed by atoms with Crippen molar-refractivity contribution in [3.05, 3.63) is 59.1 Å². The second-order valence-corrected chi connectivity index (χ2v) is 7.57. The van der Waals surface area contributed by atoms with E-state index in [4.69, 9.17) is 16.3 Å². The average molecular weight is 383 g/mol. The summed E-state index contributed by atoms with van der Waals surface area (Å²) in [5.41, 5.74) is 0.134. The second-order valence-electron chi connectivity index (χ2n) is 5.40. The molecule has 6 nitrogen and oxygen atoms in total. The molecule has 25 heavy (non-hydrogen) atoms. The number of hydrogen-bond donors (Lipinski definition) is 1. The van der Waals surface area contributed by atoms with Gasteiger partial charge in [0.05, 0.1) is 15.5 Å². The Morgan fingerprint density at radius 1 is 1.16 bits per heavy atom. The zero-order valence-electron chi connectivity index (χ0n) is 13.9. The number of para-hydroxylation sites is 1. The van der Waals surface area contributed by atoms with Crippen LogP contribution in [0.4, 0.5) is 0 Å². The Bertz CT molecular complexity index is 839. The first-order chi connectivity index (χ1) is 11.8. The number of carbonyl (C=O) groups excluding carboxylic acids is 1. The van der Waals surface area contributed by atoms with E-state index in [0.29, 0.717) is 5.75 Å². The van der Waals surface area contributed by atoms with Crippen molar-refractivity contribution in [3.8, 4) is 5.75 Å². The van der Waals surface area contributed by atoms with E-state index in [0.717, 1.165) is 0 Å². The van der Waals surface area contributed by atoms with Crippen LogP contribution < -0.4 is 9.46 Å². The fraction of sp³-hybridized carbons (Fsp3) is 0.235. The van der Waals surface area contributed by atoms with Gasteiger partial charge in [0.1, 0.15) is 12.4 Å². The zero-order chi connectivity index (χ0) is 18.4. The highest BCUT2D eigenvalue weighted by molar-refractivity contribution is 7.89. The Morgan fingerprint density at radius 2 is 1.84 bits per heavy atom. The smallest absolute Gasteiger partial charge is 0.254 e. The largest absolute Gasteiger partial charge is 0.492 e. The van der Waals surface area contributed by atoms with Crippen LogP contribution in [-0.2, 0) is 10.0 Å². The average Bonchev–Trinajstić information content (AvgIpc) is 2.59.